The van der Waals surface area contributed by atoms with Crippen molar-refractivity contribution < 1.29 is 4.74 Å². The van der Waals surface area contributed by atoms with Crippen molar-refractivity contribution in [2.24, 2.45) is 0 Å². The van der Waals surface area contributed by atoms with E-state index in [-0.39, 0.29) is 0 Å². The standard InChI is InChI=1S/C6H12NO/c1-8-5-6-3-2-4-7-6/h6-7H,1-5H2. The van der Waals surface area contributed by atoms with E-state index in [0.717, 1.165) is 13.2 Å². The van der Waals surface area contributed by atoms with Crippen LogP contribution in [0.4, 0.5) is 0 Å². The average Bonchev–Trinajstić information content (AvgIpc) is 2.19. The largest absolute Gasteiger partial charge is 0.377 e. The van der Waals surface area contributed by atoms with Crippen LogP contribution < -0.4 is 5.32 Å². The van der Waals surface area contributed by atoms with Gasteiger partial charge in [-0.05, 0) is 19.4 Å². The fourth-order valence-electron chi connectivity index (χ4n) is 1.04. The van der Waals surface area contributed by atoms with E-state index in [0.29, 0.717) is 6.04 Å². The minimum atomic E-state index is 0.576. The summed E-state index contributed by atoms with van der Waals surface area (Å²) in [5.74, 6) is 0. The fourth-order valence-corrected chi connectivity index (χ4v) is 1.04. The van der Waals surface area contributed by atoms with Crippen molar-refractivity contribution in [3.8, 4) is 0 Å². The van der Waals surface area contributed by atoms with E-state index < -0.39 is 0 Å². The Kier molecular flexibility index (Phi) is 2.30. The molecule has 1 aliphatic rings. The van der Waals surface area contributed by atoms with Crippen LogP contribution in [0, 0.1) is 7.11 Å². The lowest BCUT2D eigenvalue weighted by Crippen LogP contribution is -2.25. The topological polar surface area (TPSA) is 21.3 Å². The predicted molar refractivity (Wildman–Crippen MR) is 32.3 cm³/mol. The van der Waals surface area contributed by atoms with Gasteiger partial charge in [0.25, 0.3) is 0 Å². The monoisotopic (exact) mass is 114 g/mol. The van der Waals surface area contributed by atoms with Crippen molar-refractivity contribution in [1.82, 2.24) is 5.32 Å². The molecule has 1 heterocycles. The van der Waals surface area contributed by atoms with Gasteiger partial charge in [0.2, 0.25) is 0 Å². The lowest BCUT2D eigenvalue weighted by atomic mass is 10.2. The highest BCUT2D eigenvalue weighted by Crippen LogP contribution is 2.03. The van der Waals surface area contributed by atoms with Crippen molar-refractivity contribution >= 4 is 0 Å². The summed E-state index contributed by atoms with van der Waals surface area (Å²) in [7, 11) is 3.31. The molecule has 0 aromatic rings. The first-order chi connectivity index (χ1) is 3.93. The number of rotatable bonds is 2. The van der Waals surface area contributed by atoms with Crippen LogP contribution in [-0.4, -0.2) is 19.2 Å². The second-order valence-electron chi connectivity index (χ2n) is 2.16. The zero-order valence-corrected chi connectivity index (χ0v) is 5.02. The summed E-state index contributed by atoms with van der Waals surface area (Å²) in [5, 5.41) is 3.29. The fraction of sp³-hybridized carbons (Fsp3) is 0.833. The first-order valence-electron chi connectivity index (χ1n) is 3.04. The molecular weight excluding hydrogens is 102 g/mol. The van der Waals surface area contributed by atoms with Gasteiger partial charge in [0, 0.05) is 6.04 Å². The lowest BCUT2D eigenvalue weighted by molar-refractivity contribution is 0.212. The number of nitrogens with one attached hydrogen (secondary N) is 1. The highest BCUT2D eigenvalue weighted by Gasteiger charge is 2.12. The third-order valence-corrected chi connectivity index (χ3v) is 1.48. The summed E-state index contributed by atoms with van der Waals surface area (Å²) >= 11 is 0. The van der Waals surface area contributed by atoms with Crippen molar-refractivity contribution in [2.45, 2.75) is 18.9 Å². The van der Waals surface area contributed by atoms with Crippen LogP contribution in [-0.2, 0) is 4.74 Å². The summed E-state index contributed by atoms with van der Waals surface area (Å²) in [4.78, 5) is 0. The average molecular weight is 114 g/mol. The molecule has 0 amide bonds. The minimum Gasteiger partial charge on any atom is -0.377 e. The molecule has 0 saturated carbocycles. The Morgan fingerprint density at radius 1 is 1.75 bits per heavy atom. The van der Waals surface area contributed by atoms with Crippen molar-refractivity contribution in [3.05, 3.63) is 7.11 Å². The van der Waals surface area contributed by atoms with Crippen LogP contribution in [0.5, 0.6) is 0 Å². The van der Waals surface area contributed by atoms with E-state index >= 15 is 0 Å². The summed E-state index contributed by atoms with van der Waals surface area (Å²) < 4.78 is 4.71. The molecule has 1 saturated heterocycles. The Morgan fingerprint density at radius 3 is 3.12 bits per heavy atom. The second kappa shape index (κ2) is 3.05. The maximum atomic E-state index is 4.71. The van der Waals surface area contributed by atoms with Gasteiger partial charge in [-0.25, -0.2) is 0 Å². The summed E-state index contributed by atoms with van der Waals surface area (Å²) in [5.41, 5.74) is 0. The SMILES string of the molecule is [CH2]OCC1CCCN1. The molecule has 0 spiro atoms. The smallest absolute Gasteiger partial charge is 0.0701 e. The molecule has 1 atom stereocenters. The normalized spacial score (nSPS) is 28.9. The highest BCUT2D eigenvalue weighted by atomic mass is 16.5. The minimum absolute atomic E-state index is 0.576. The first-order valence-corrected chi connectivity index (χ1v) is 3.04. The molecule has 1 aliphatic heterocycles. The van der Waals surface area contributed by atoms with E-state index in [2.05, 4.69) is 12.4 Å². The van der Waals surface area contributed by atoms with Gasteiger partial charge in [0.1, 0.15) is 0 Å². The van der Waals surface area contributed by atoms with Crippen molar-refractivity contribution in [3.63, 3.8) is 0 Å². The van der Waals surface area contributed by atoms with Gasteiger partial charge in [0.05, 0.1) is 13.7 Å². The molecule has 1 radical (unpaired) electrons. The molecule has 47 valence electrons. The number of hydrogen-bond donors (Lipinski definition) is 1. The molecule has 0 aliphatic carbocycles. The summed E-state index contributed by atoms with van der Waals surface area (Å²) in [6.45, 7) is 1.91. The van der Waals surface area contributed by atoms with Crippen LogP contribution in [0.25, 0.3) is 0 Å². The first kappa shape index (κ1) is 6.05. The maximum absolute atomic E-state index is 4.71. The van der Waals surface area contributed by atoms with Crippen LogP contribution in [0.3, 0.4) is 0 Å². The molecule has 1 unspecified atom stereocenters. The van der Waals surface area contributed by atoms with Crippen molar-refractivity contribution in [2.75, 3.05) is 13.2 Å². The molecule has 0 bridgehead atoms. The molecule has 8 heavy (non-hydrogen) atoms. The van der Waals surface area contributed by atoms with Crippen molar-refractivity contribution in [1.29, 1.82) is 0 Å². The molecule has 1 fully saturated rings. The Morgan fingerprint density at radius 2 is 2.62 bits per heavy atom. The quantitative estimate of drug-likeness (QED) is 0.566. The van der Waals surface area contributed by atoms with Gasteiger partial charge in [0.15, 0.2) is 0 Å². The number of ether oxygens (including phenoxy) is 1. The van der Waals surface area contributed by atoms with Gasteiger partial charge in [-0.2, -0.15) is 0 Å². The zero-order valence-electron chi connectivity index (χ0n) is 5.02. The third kappa shape index (κ3) is 1.46. The van der Waals surface area contributed by atoms with E-state index in [4.69, 9.17) is 4.74 Å². The van der Waals surface area contributed by atoms with Gasteiger partial charge in [-0.3, -0.25) is 0 Å². The van der Waals surface area contributed by atoms with E-state index in [1.165, 1.54) is 12.8 Å². The lowest BCUT2D eigenvalue weighted by Gasteiger charge is -2.05. The van der Waals surface area contributed by atoms with Gasteiger partial charge < -0.3 is 10.1 Å². The number of hydrogen-bond acceptors (Lipinski definition) is 2. The van der Waals surface area contributed by atoms with E-state index in [9.17, 15) is 0 Å². The third-order valence-electron chi connectivity index (χ3n) is 1.48. The van der Waals surface area contributed by atoms with E-state index in [1.54, 1.807) is 0 Å². The predicted octanol–water partition coefficient (Wildman–Crippen LogP) is 0.547. The Bertz CT molecular complexity index is 59.5. The Balaban J connectivity index is 2.06. The summed E-state index contributed by atoms with van der Waals surface area (Å²) in [6, 6.07) is 0.576. The zero-order chi connectivity index (χ0) is 5.82. The Labute approximate surface area is 50.2 Å². The van der Waals surface area contributed by atoms with Crippen LogP contribution in [0.2, 0.25) is 0 Å². The van der Waals surface area contributed by atoms with Gasteiger partial charge in [-0.1, -0.05) is 0 Å². The van der Waals surface area contributed by atoms with Crippen LogP contribution >= 0.6 is 0 Å². The summed E-state index contributed by atoms with van der Waals surface area (Å²) in [6.07, 6.45) is 2.53. The van der Waals surface area contributed by atoms with Gasteiger partial charge >= 0.3 is 0 Å². The molecule has 2 heteroatoms. The molecule has 1 N–H and O–H groups in total. The molecule has 1 rings (SSSR count). The maximum Gasteiger partial charge on any atom is 0.0701 e. The molecule has 2 nitrogen and oxygen atoms in total. The molecule has 0 aromatic carbocycles. The van der Waals surface area contributed by atoms with Crippen LogP contribution in [0.15, 0.2) is 0 Å². The highest BCUT2D eigenvalue weighted by molar-refractivity contribution is 4.72. The van der Waals surface area contributed by atoms with Crippen LogP contribution in [0.1, 0.15) is 12.8 Å². The Hall–Kier alpha value is -0.0800. The van der Waals surface area contributed by atoms with Gasteiger partial charge in [-0.15, -0.1) is 0 Å². The van der Waals surface area contributed by atoms with E-state index in [1.807, 2.05) is 0 Å². The molecular formula is C6H12NO. The molecule has 0 aromatic heterocycles. The second-order valence-corrected chi connectivity index (χ2v) is 2.16.